The highest BCUT2D eigenvalue weighted by Gasteiger charge is 2.24. The summed E-state index contributed by atoms with van der Waals surface area (Å²) in [5.41, 5.74) is 4.25. The standard InChI is InChI=1S/C29H28N2O5/c1-18-8-13-28-26(14-18)30(4)16-23(36-28)17-34-22-11-9-21(10-12-22)29(33)31-19(2)15-24-25(31)6-5-7-27(24)35-20(3)32/h5-15,23H,16-17H2,1-4H3/t23-/m0/s1. The van der Waals surface area contributed by atoms with Crippen LogP contribution >= 0.6 is 0 Å². The number of aryl methyl sites for hydroxylation is 2. The first-order valence-corrected chi connectivity index (χ1v) is 11.9. The highest BCUT2D eigenvalue weighted by molar-refractivity contribution is 6.04. The lowest BCUT2D eigenvalue weighted by atomic mass is 10.1. The average molecular weight is 485 g/mol. The van der Waals surface area contributed by atoms with Gasteiger partial charge in [-0.1, -0.05) is 12.1 Å². The van der Waals surface area contributed by atoms with Crippen molar-refractivity contribution >= 4 is 28.5 Å². The van der Waals surface area contributed by atoms with Crippen LogP contribution in [0.5, 0.6) is 17.2 Å². The van der Waals surface area contributed by atoms with Crippen molar-refractivity contribution in [1.82, 2.24) is 4.57 Å². The largest absolute Gasteiger partial charge is 0.490 e. The van der Waals surface area contributed by atoms with Crippen molar-refractivity contribution in [3.63, 3.8) is 0 Å². The SMILES string of the molecule is CC(=O)Oc1cccc2c1cc(C)n2C(=O)c1ccc(OC[C@@H]2CN(C)c3cc(C)ccc3O2)cc1. The summed E-state index contributed by atoms with van der Waals surface area (Å²) in [4.78, 5) is 27.0. The molecule has 1 aliphatic rings. The van der Waals surface area contributed by atoms with Gasteiger partial charge in [-0.25, -0.2) is 0 Å². The molecule has 0 saturated heterocycles. The van der Waals surface area contributed by atoms with Gasteiger partial charge in [0.05, 0.1) is 17.7 Å². The van der Waals surface area contributed by atoms with E-state index in [2.05, 4.69) is 24.9 Å². The maximum atomic E-state index is 13.4. The van der Waals surface area contributed by atoms with Gasteiger partial charge in [0, 0.05) is 30.6 Å². The summed E-state index contributed by atoms with van der Waals surface area (Å²) in [7, 11) is 2.05. The van der Waals surface area contributed by atoms with E-state index >= 15 is 0 Å². The number of benzene rings is 3. The van der Waals surface area contributed by atoms with Gasteiger partial charge in [0.25, 0.3) is 5.91 Å². The molecule has 0 amide bonds. The zero-order valence-corrected chi connectivity index (χ0v) is 20.8. The minimum absolute atomic E-state index is 0.105. The monoisotopic (exact) mass is 484 g/mol. The number of anilines is 1. The lowest BCUT2D eigenvalue weighted by molar-refractivity contribution is -0.131. The molecule has 0 spiro atoms. The molecule has 0 bridgehead atoms. The number of nitrogens with zero attached hydrogens (tertiary/aromatic N) is 2. The quantitative estimate of drug-likeness (QED) is 0.288. The maximum Gasteiger partial charge on any atom is 0.308 e. The Morgan fingerprint density at radius 1 is 1.03 bits per heavy atom. The van der Waals surface area contributed by atoms with Crippen LogP contribution in [0.3, 0.4) is 0 Å². The topological polar surface area (TPSA) is 70.0 Å². The molecule has 5 rings (SSSR count). The number of carbonyl (C=O) groups is 2. The Labute approximate surface area is 209 Å². The smallest absolute Gasteiger partial charge is 0.308 e. The molecule has 7 nitrogen and oxygen atoms in total. The van der Waals surface area contributed by atoms with Gasteiger partial charge >= 0.3 is 5.97 Å². The molecular weight excluding hydrogens is 456 g/mol. The first-order valence-electron chi connectivity index (χ1n) is 11.9. The van der Waals surface area contributed by atoms with E-state index in [0.717, 1.165) is 23.7 Å². The number of carbonyl (C=O) groups excluding carboxylic acids is 2. The minimum Gasteiger partial charge on any atom is -0.490 e. The normalized spacial score (nSPS) is 14.8. The summed E-state index contributed by atoms with van der Waals surface area (Å²) >= 11 is 0. The molecule has 3 aromatic carbocycles. The molecule has 2 heterocycles. The first kappa shape index (κ1) is 23.5. The molecule has 0 fully saturated rings. The van der Waals surface area contributed by atoms with Crippen molar-refractivity contribution < 1.29 is 23.8 Å². The Balaban J connectivity index is 1.29. The number of hydrogen-bond donors (Lipinski definition) is 0. The number of rotatable bonds is 5. The third-order valence-electron chi connectivity index (χ3n) is 6.28. The molecule has 36 heavy (non-hydrogen) atoms. The van der Waals surface area contributed by atoms with Crippen LogP contribution in [-0.4, -0.2) is 42.7 Å². The van der Waals surface area contributed by atoms with E-state index in [9.17, 15) is 9.59 Å². The van der Waals surface area contributed by atoms with Crippen LogP contribution in [0.25, 0.3) is 10.9 Å². The van der Waals surface area contributed by atoms with Gasteiger partial charge in [-0.3, -0.25) is 14.2 Å². The van der Waals surface area contributed by atoms with E-state index in [1.54, 1.807) is 41.0 Å². The molecule has 7 heteroatoms. The van der Waals surface area contributed by atoms with Crippen molar-refractivity contribution in [3.8, 4) is 17.2 Å². The first-order chi connectivity index (χ1) is 17.3. The van der Waals surface area contributed by atoms with Crippen molar-refractivity contribution in [2.75, 3.05) is 25.1 Å². The Morgan fingerprint density at radius 2 is 1.81 bits per heavy atom. The fourth-order valence-corrected chi connectivity index (χ4v) is 4.59. The third kappa shape index (κ3) is 4.52. The Hall–Kier alpha value is -4.26. The maximum absolute atomic E-state index is 13.4. The van der Waals surface area contributed by atoms with Gasteiger partial charge < -0.3 is 19.1 Å². The number of aromatic nitrogens is 1. The van der Waals surface area contributed by atoms with E-state index in [4.69, 9.17) is 14.2 Å². The van der Waals surface area contributed by atoms with Gasteiger partial charge in [-0.15, -0.1) is 0 Å². The number of esters is 1. The lowest BCUT2D eigenvalue weighted by Gasteiger charge is -2.33. The lowest BCUT2D eigenvalue weighted by Crippen LogP contribution is -2.41. The van der Waals surface area contributed by atoms with E-state index in [0.29, 0.717) is 34.6 Å². The summed E-state index contributed by atoms with van der Waals surface area (Å²) in [6, 6.07) is 20.4. The molecule has 1 aromatic heterocycles. The highest BCUT2D eigenvalue weighted by atomic mass is 16.5. The molecule has 0 aliphatic carbocycles. The molecule has 0 unspecified atom stereocenters. The van der Waals surface area contributed by atoms with Crippen LogP contribution in [-0.2, 0) is 4.79 Å². The van der Waals surface area contributed by atoms with Crippen LogP contribution in [0.2, 0.25) is 0 Å². The summed E-state index contributed by atoms with van der Waals surface area (Å²) in [6.45, 7) is 6.40. The fraction of sp³-hybridized carbons (Fsp3) is 0.241. The number of ether oxygens (including phenoxy) is 3. The van der Waals surface area contributed by atoms with Gasteiger partial charge in [0.1, 0.15) is 30.0 Å². The number of likely N-dealkylation sites (N-methyl/N-ethyl adjacent to an activating group) is 1. The van der Waals surface area contributed by atoms with Crippen molar-refractivity contribution in [2.45, 2.75) is 26.9 Å². The molecular formula is C29H28N2O5. The molecule has 184 valence electrons. The Kier molecular flexibility index (Phi) is 6.14. The van der Waals surface area contributed by atoms with Crippen molar-refractivity contribution in [2.24, 2.45) is 0 Å². The van der Waals surface area contributed by atoms with Crippen LogP contribution < -0.4 is 19.1 Å². The average Bonchev–Trinajstić information content (AvgIpc) is 3.19. The molecule has 0 radical (unpaired) electrons. The second kappa shape index (κ2) is 9.41. The van der Waals surface area contributed by atoms with Gasteiger partial charge in [-0.2, -0.15) is 0 Å². The summed E-state index contributed by atoms with van der Waals surface area (Å²) in [5, 5.41) is 0.715. The predicted octanol–water partition coefficient (Wildman–Crippen LogP) is 5.15. The summed E-state index contributed by atoms with van der Waals surface area (Å²) < 4.78 is 19.0. The van der Waals surface area contributed by atoms with Crippen LogP contribution in [0, 0.1) is 13.8 Å². The van der Waals surface area contributed by atoms with Crippen LogP contribution in [0.4, 0.5) is 5.69 Å². The van der Waals surface area contributed by atoms with Crippen molar-refractivity contribution in [1.29, 1.82) is 0 Å². The Bertz CT molecular complexity index is 1450. The molecule has 4 aromatic rings. The van der Waals surface area contributed by atoms with Gasteiger partial charge in [0.15, 0.2) is 0 Å². The second-order valence-electron chi connectivity index (χ2n) is 9.14. The molecule has 0 N–H and O–H groups in total. The summed E-state index contributed by atoms with van der Waals surface area (Å²) in [6.07, 6.45) is -0.105. The highest BCUT2D eigenvalue weighted by Crippen LogP contribution is 2.33. The Morgan fingerprint density at radius 3 is 2.56 bits per heavy atom. The molecule has 0 saturated carbocycles. The zero-order valence-electron chi connectivity index (χ0n) is 20.8. The fourth-order valence-electron chi connectivity index (χ4n) is 4.59. The van der Waals surface area contributed by atoms with Crippen LogP contribution in [0.1, 0.15) is 28.5 Å². The van der Waals surface area contributed by atoms with Crippen LogP contribution in [0.15, 0.2) is 66.7 Å². The van der Waals surface area contributed by atoms with E-state index < -0.39 is 5.97 Å². The third-order valence-corrected chi connectivity index (χ3v) is 6.28. The van der Waals surface area contributed by atoms with Gasteiger partial charge in [-0.05, 0) is 74.0 Å². The predicted molar refractivity (Wildman–Crippen MR) is 139 cm³/mol. The second-order valence-corrected chi connectivity index (χ2v) is 9.14. The summed E-state index contributed by atoms with van der Waals surface area (Å²) in [5.74, 6) is 1.39. The number of hydrogen-bond acceptors (Lipinski definition) is 6. The van der Waals surface area contributed by atoms with E-state index in [-0.39, 0.29) is 12.0 Å². The molecule has 1 aliphatic heterocycles. The van der Waals surface area contributed by atoms with Crippen molar-refractivity contribution in [3.05, 3.63) is 83.6 Å². The zero-order chi connectivity index (χ0) is 25.4. The minimum atomic E-state index is -0.403. The van der Waals surface area contributed by atoms with E-state index in [1.807, 2.05) is 31.2 Å². The number of fused-ring (bicyclic) bond motifs is 2. The van der Waals surface area contributed by atoms with Gasteiger partial charge in [0.2, 0.25) is 0 Å². The van der Waals surface area contributed by atoms with E-state index in [1.165, 1.54) is 12.5 Å². The molecule has 1 atom stereocenters.